The van der Waals surface area contributed by atoms with Gasteiger partial charge in [-0.3, -0.25) is 0 Å². The molecule has 0 aromatic heterocycles. The van der Waals surface area contributed by atoms with Gasteiger partial charge in [-0.1, -0.05) is 18.2 Å². The van der Waals surface area contributed by atoms with Crippen LogP contribution >= 0.6 is 11.6 Å². The molecule has 1 aromatic carbocycles. The van der Waals surface area contributed by atoms with E-state index < -0.39 is 0 Å². The predicted octanol–water partition coefficient (Wildman–Crippen LogP) is 2.71. The Hall–Kier alpha value is -0.690. The first-order valence-corrected chi connectivity index (χ1v) is 4.28. The van der Waals surface area contributed by atoms with Crippen LogP contribution in [0.2, 0.25) is 0 Å². The van der Waals surface area contributed by atoms with Crippen LogP contribution in [0.25, 0.3) is 0 Å². The highest BCUT2D eigenvalue weighted by atomic mass is 35.5. The van der Waals surface area contributed by atoms with Crippen molar-refractivity contribution in [2.24, 2.45) is 0 Å². The zero-order valence-corrected chi connectivity index (χ0v) is 7.38. The Morgan fingerprint density at radius 1 is 1.27 bits per heavy atom. The topological polar surface area (TPSA) is 3.24 Å². The molecule has 0 spiro atoms. The van der Waals surface area contributed by atoms with Gasteiger partial charge in [-0.2, -0.15) is 0 Å². The number of halogens is 1. The minimum atomic E-state index is 0.556. The fourth-order valence-corrected chi connectivity index (χ4v) is 1.28. The van der Waals surface area contributed by atoms with Crippen molar-refractivity contribution in [2.75, 3.05) is 17.4 Å². The summed E-state index contributed by atoms with van der Waals surface area (Å²) in [6, 6.07) is 10.7. The van der Waals surface area contributed by atoms with Crippen LogP contribution in [0.3, 0.4) is 0 Å². The van der Waals surface area contributed by atoms with Gasteiger partial charge in [0.05, 0.1) is 6.00 Å². The van der Waals surface area contributed by atoms with Crippen molar-refractivity contribution in [3.05, 3.63) is 30.3 Å². The summed E-state index contributed by atoms with van der Waals surface area (Å²) in [6.07, 6.45) is 0. The first-order valence-electron chi connectivity index (χ1n) is 3.74. The van der Waals surface area contributed by atoms with Crippen LogP contribution in [0.1, 0.15) is 6.92 Å². The van der Waals surface area contributed by atoms with E-state index >= 15 is 0 Å². The van der Waals surface area contributed by atoms with E-state index in [-0.39, 0.29) is 0 Å². The zero-order chi connectivity index (χ0) is 8.10. The van der Waals surface area contributed by atoms with Crippen LogP contribution in [0.5, 0.6) is 0 Å². The molecule has 1 rings (SSSR count). The largest absolute Gasteiger partial charge is 0.358 e. The Balaban J connectivity index is 2.74. The minimum Gasteiger partial charge on any atom is -0.358 e. The van der Waals surface area contributed by atoms with E-state index in [4.69, 9.17) is 11.6 Å². The molecule has 11 heavy (non-hydrogen) atoms. The van der Waals surface area contributed by atoms with E-state index in [1.165, 1.54) is 5.69 Å². The molecule has 60 valence electrons. The zero-order valence-electron chi connectivity index (χ0n) is 6.63. The van der Waals surface area contributed by atoms with Gasteiger partial charge in [0.25, 0.3) is 0 Å². The molecular formula is C9H12ClN. The number of para-hydroxylation sites is 1. The summed E-state index contributed by atoms with van der Waals surface area (Å²) >= 11 is 5.73. The van der Waals surface area contributed by atoms with E-state index in [0.717, 1.165) is 6.54 Å². The van der Waals surface area contributed by atoms with Gasteiger partial charge in [0, 0.05) is 12.2 Å². The Morgan fingerprint density at radius 3 is 2.36 bits per heavy atom. The highest BCUT2D eigenvalue weighted by Crippen LogP contribution is 2.12. The molecule has 0 aliphatic heterocycles. The van der Waals surface area contributed by atoms with Gasteiger partial charge in [-0.25, -0.2) is 0 Å². The fraction of sp³-hybridized carbons (Fsp3) is 0.333. The first kappa shape index (κ1) is 8.41. The number of hydrogen-bond donors (Lipinski definition) is 0. The van der Waals surface area contributed by atoms with Crippen molar-refractivity contribution in [3.63, 3.8) is 0 Å². The summed E-state index contributed by atoms with van der Waals surface area (Å²) < 4.78 is 0. The molecule has 0 bridgehead atoms. The number of rotatable bonds is 3. The molecule has 1 aromatic rings. The number of benzene rings is 1. The molecule has 0 heterocycles. The van der Waals surface area contributed by atoms with Crippen molar-refractivity contribution >= 4 is 17.3 Å². The van der Waals surface area contributed by atoms with Crippen LogP contribution in [0.4, 0.5) is 5.69 Å². The van der Waals surface area contributed by atoms with E-state index in [9.17, 15) is 0 Å². The lowest BCUT2D eigenvalue weighted by molar-refractivity contribution is 0.942. The Bertz CT molecular complexity index is 194. The van der Waals surface area contributed by atoms with Crippen molar-refractivity contribution in [1.82, 2.24) is 0 Å². The minimum absolute atomic E-state index is 0.556. The van der Waals surface area contributed by atoms with E-state index in [1.807, 2.05) is 18.2 Å². The van der Waals surface area contributed by atoms with Gasteiger partial charge >= 0.3 is 0 Å². The van der Waals surface area contributed by atoms with Crippen LogP contribution in [-0.4, -0.2) is 12.5 Å². The summed E-state index contributed by atoms with van der Waals surface area (Å²) in [5.74, 6) is 0. The van der Waals surface area contributed by atoms with Gasteiger partial charge in [0.2, 0.25) is 0 Å². The molecule has 0 aliphatic rings. The fourth-order valence-electron chi connectivity index (χ4n) is 0.975. The molecule has 0 saturated heterocycles. The summed E-state index contributed by atoms with van der Waals surface area (Å²) in [6.45, 7) is 3.04. The van der Waals surface area contributed by atoms with E-state index in [2.05, 4.69) is 24.0 Å². The quantitative estimate of drug-likeness (QED) is 0.497. The Morgan fingerprint density at radius 2 is 1.91 bits per heavy atom. The molecule has 0 radical (unpaired) electrons. The van der Waals surface area contributed by atoms with E-state index in [1.54, 1.807) is 0 Å². The monoisotopic (exact) mass is 169 g/mol. The highest BCUT2D eigenvalue weighted by molar-refractivity contribution is 6.19. The maximum Gasteiger partial charge on any atom is 0.0928 e. The normalized spacial score (nSPS) is 9.64. The van der Waals surface area contributed by atoms with Gasteiger partial charge < -0.3 is 4.90 Å². The smallest absolute Gasteiger partial charge is 0.0928 e. The van der Waals surface area contributed by atoms with Crippen molar-refractivity contribution in [3.8, 4) is 0 Å². The molecule has 0 saturated carbocycles. The third kappa shape index (κ3) is 2.12. The van der Waals surface area contributed by atoms with Crippen molar-refractivity contribution < 1.29 is 0 Å². The van der Waals surface area contributed by atoms with Gasteiger partial charge in [-0.15, -0.1) is 11.6 Å². The average molecular weight is 170 g/mol. The lowest BCUT2D eigenvalue weighted by atomic mass is 10.3. The van der Waals surface area contributed by atoms with Gasteiger partial charge in [-0.05, 0) is 19.1 Å². The number of alkyl halides is 1. The van der Waals surface area contributed by atoms with Crippen molar-refractivity contribution in [1.29, 1.82) is 0 Å². The molecule has 1 nitrogen and oxygen atoms in total. The van der Waals surface area contributed by atoms with Crippen molar-refractivity contribution in [2.45, 2.75) is 6.92 Å². The average Bonchev–Trinajstić information content (AvgIpc) is 2.09. The summed E-state index contributed by atoms with van der Waals surface area (Å²) in [7, 11) is 0. The molecule has 0 fully saturated rings. The van der Waals surface area contributed by atoms with Gasteiger partial charge in [0.15, 0.2) is 0 Å². The first-order chi connectivity index (χ1) is 5.38. The lowest BCUT2D eigenvalue weighted by Gasteiger charge is -2.18. The lowest BCUT2D eigenvalue weighted by Crippen LogP contribution is -2.19. The molecule has 2 heteroatoms. The maximum atomic E-state index is 5.73. The second-order valence-electron chi connectivity index (χ2n) is 2.31. The third-order valence-electron chi connectivity index (χ3n) is 1.65. The third-order valence-corrected chi connectivity index (χ3v) is 1.94. The summed E-state index contributed by atoms with van der Waals surface area (Å²) in [5.41, 5.74) is 1.19. The molecule has 0 aliphatic carbocycles. The SMILES string of the molecule is CCN(CCl)c1ccccc1. The summed E-state index contributed by atoms with van der Waals surface area (Å²) in [4.78, 5) is 2.10. The second kappa shape index (κ2) is 4.24. The molecular weight excluding hydrogens is 158 g/mol. The standard InChI is InChI=1S/C9H12ClN/c1-2-11(8-10)9-6-4-3-5-7-9/h3-7H,2,8H2,1H3. The number of anilines is 1. The molecule has 0 N–H and O–H groups in total. The molecule has 0 unspecified atom stereocenters. The van der Waals surface area contributed by atoms with E-state index in [0.29, 0.717) is 6.00 Å². The van der Waals surface area contributed by atoms with Crippen LogP contribution < -0.4 is 4.90 Å². The maximum absolute atomic E-state index is 5.73. The second-order valence-corrected chi connectivity index (χ2v) is 2.55. The molecule has 0 atom stereocenters. The number of nitrogens with zero attached hydrogens (tertiary/aromatic N) is 1. The summed E-state index contributed by atoms with van der Waals surface area (Å²) in [5, 5.41) is 0. The predicted molar refractivity (Wildman–Crippen MR) is 50.2 cm³/mol. The highest BCUT2D eigenvalue weighted by Gasteiger charge is 1.98. The molecule has 0 amide bonds. The van der Waals surface area contributed by atoms with Crippen LogP contribution in [-0.2, 0) is 0 Å². The van der Waals surface area contributed by atoms with Gasteiger partial charge in [0.1, 0.15) is 0 Å². The Kier molecular flexibility index (Phi) is 3.24. The van der Waals surface area contributed by atoms with Crippen LogP contribution in [0, 0.1) is 0 Å². The Labute approximate surface area is 72.6 Å². The number of hydrogen-bond acceptors (Lipinski definition) is 1. The van der Waals surface area contributed by atoms with Crippen LogP contribution in [0.15, 0.2) is 30.3 Å².